The third-order valence-electron chi connectivity index (χ3n) is 1.74. The molecule has 0 saturated heterocycles. The van der Waals surface area contributed by atoms with Crippen LogP contribution in [0.1, 0.15) is 58.6 Å². The fourth-order valence-corrected chi connectivity index (χ4v) is 0.964. The molecule has 0 unspecified atom stereocenters. The van der Waals surface area contributed by atoms with E-state index in [-0.39, 0.29) is 0 Å². The molecule has 0 bridgehead atoms. The summed E-state index contributed by atoms with van der Waals surface area (Å²) < 4.78 is 0. The molecule has 0 atom stereocenters. The highest BCUT2D eigenvalue weighted by Gasteiger charge is 1.96. The quantitative estimate of drug-likeness (QED) is 0.574. The predicted octanol–water partition coefficient (Wildman–Crippen LogP) is 4.84. The molecule has 0 radical (unpaired) electrons. The normalized spacial score (nSPS) is 7.87. The number of rotatable bonds is 1. The first-order valence-electron chi connectivity index (χ1n) is 5.80. The second-order valence-corrected chi connectivity index (χ2v) is 2.92. The predicted molar refractivity (Wildman–Crippen MR) is 71.2 cm³/mol. The van der Waals surface area contributed by atoms with E-state index in [4.69, 9.17) is 6.42 Å². The molecule has 0 aliphatic carbocycles. The molecule has 0 spiro atoms. The molecule has 15 heavy (non-hydrogen) atoms. The van der Waals surface area contributed by atoms with Gasteiger partial charge >= 0.3 is 0 Å². The van der Waals surface area contributed by atoms with Gasteiger partial charge in [-0.15, -0.1) is 6.42 Å². The van der Waals surface area contributed by atoms with Crippen LogP contribution in [0, 0.1) is 12.3 Å². The van der Waals surface area contributed by atoms with Crippen LogP contribution >= 0.6 is 0 Å². The Labute approximate surface area is 95.7 Å². The van der Waals surface area contributed by atoms with Crippen molar-refractivity contribution in [1.82, 2.24) is 0 Å². The molecule has 1 aromatic carbocycles. The van der Waals surface area contributed by atoms with Crippen molar-refractivity contribution in [3.63, 3.8) is 0 Å². The van der Waals surface area contributed by atoms with E-state index in [1.165, 1.54) is 5.56 Å². The minimum Gasteiger partial charge on any atom is -0.115 e. The number of terminal acetylenes is 1. The van der Waals surface area contributed by atoms with Crippen LogP contribution in [-0.4, -0.2) is 0 Å². The summed E-state index contributed by atoms with van der Waals surface area (Å²) >= 11 is 0. The van der Waals surface area contributed by atoms with Gasteiger partial charge in [0.15, 0.2) is 0 Å². The molecule has 0 saturated carbocycles. The molecule has 0 heterocycles. The molecule has 0 fully saturated rings. The van der Waals surface area contributed by atoms with Gasteiger partial charge in [0.25, 0.3) is 0 Å². The fraction of sp³-hybridized carbons (Fsp3) is 0.467. The van der Waals surface area contributed by atoms with Crippen molar-refractivity contribution in [3.05, 3.63) is 35.4 Å². The largest absolute Gasteiger partial charge is 0.115 e. The first-order chi connectivity index (χ1) is 7.24. The molecule has 0 heteroatoms. The van der Waals surface area contributed by atoms with E-state index in [0.29, 0.717) is 5.92 Å². The summed E-state index contributed by atoms with van der Waals surface area (Å²) in [7, 11) is 0. The van der Waals surface area contributed by atoms with E-state index in [2.05, 4.69) is 31.9 Å². The summed E-state index contributed by atoms with van der Waals surface area (Å²) in [6, 6.07) is 8.13. The highest BCUT2D eigenvalue weighted by atomic mass is 14.0. The van der Waals surface area contributed by atoms with Crippen molar-refractivity contribution < 1.29 is 0 Å². The molecular formula is C15H24. The zero-order chi connectivity index (χ0) is 12.3. The summed E-state index contributed by atoms with van der Waals surface area (Å²) in [5.41, 5.74) is 2.29. The van der Waals surface area contributed by atoms with Crippen molar-refractivity contribution >= 4 is 0 Å². The van der Waals surface area contributed by atoms with Crippen LogP contribution < -0.4 is 0 Å². The van der Waals surface area contributed by atoms with E-state index in [9.17, 15) is 0 Å². The molecule has 0 aliphatic heterocycles. The Hall–Kier alpha value is -1.22. The lowest BCUT2D eigenvalue weighted by atomic mass is 10.0. The van der Waals surface area contributed by atoms with Crippen LogP contribution in [0.15, 0.2) is 24.3 Å². The number of hydrogen-bond donors (Lipinski definition) is 0. The van der Waals surface area contributed by atoms with Crippen molar-refractivity contribution in [2.45, 2.75) is 47.5 Å². The van der Waals surface area contributed by atoms with Gasteiger partial charge in [-0.25, -0.2) is 0 Å². The van der Waals surface area contributed by atoms with Crippen molar-refractivity contribution in [2.75, 3.05) is 0 Å². The lowest BCUT2D eigenvalue weighted by Gasteiger charge is -2.03. The number of hydrogen-bond acceptors (Lipinski definition) is 0. The summed E-state index contributed by atoms with van der Waals surface area (Å²) in [5, 5.41) is 0. The molecule has 0 N–H and O–H groups in total. The van der Waals surface area contributed by atoms with E-state index >= 15 is 0 Å². The topological polar surface area (TPSA) is 0 Å². The SMILES string of the molecule is C#Cc1ccc(C(C)C)cc1.CC.CC. The lowest BCUT2D eigenvalue weighted by molar-refractivity contribution is 0.866. The van der Waals surface area contributed by atoms with Crippen molar-refractivity contribution in [2.24, 2.45) is 0 Å². The van der Waals surface area contributed by atoms with Gasteiger partial charge < -0.3 is 0 Å². The van der Waals surface area contributed by atoms with Gasteiger partial charge in [0.1, 0.15) is 0 Å². The van der Waals surface area contributed by atoms with Gasteiger partial charge in [0, 0.05) is 5.56 Å². The van der Waals surface area contributed by atoms with Crippen LogP contribution in [0.2, 0.25) is 0 Å². The van der Waals surface area contributed by atoms with E-state index in [1.807, 2.05) is 39.8 Å². The number of benzene rings is 1. The maximum Gasteiger partial charge on any atom is 0.0242 e. The zero-order valence-electron chi connectivity index (χ0n) is 11.0. The molecule has 0 aliphatic rings. The molecule has 1 aromatic rings. The average Bonchev–Trinajstić information content (AvgIpc) is 2.34. The lowest BCUT2D eigenvalue weighted by Crippen LogP contribution is -1.85. The summed E-state index contributed by atoms with van der Waals surface area (Å²) in [5.74, 6) is 3.18. The smallest absolute Gasteiger partial charge is 0.0242 e. The molecular weight excluding hydrogens is 180 g/mol. The maximum atomic E-state index is 5.23. The fourth-order valence-electron chi connectivity index (χ4n) is 0.964. The third-order valence-corrected chi connectivity index (χ3v) is 1.74. The van der Waals surface area contributed by atoms with Crippen LogP contribution in [0.3, 0.4) is 0 Å². The van der Waals surface area contributed by atoms with Gasteiger partial charge in [-0.2, -0.15) is 0 Å². The van der Waals surface area contributed by atoms with Gasteiger partial charge in [0.2, 0.25) is 0 Å². The Morgan fingerprint density at radius 3 is 1.60 bits per heavy atom. The minimum absolute atomic E-state index is 0.585. The standard InChI is InChI=1S/C11H12.2C2H6/c1-4-10-5-7-11(8-6-10)9(2)3;2*1-2/h1,5-9H,2-3H3;2*1-2H3. The highest BCUT2D eigenvalue weighted by molar-refractivity contribution is 5.34. The van der Waals surface area contributed by atoms with Gasteiger partial charge in [-0.1, -0.05) is 59.6 Å². The summed E-state index contributed by atoms with van der Waals surface area (Å²) in [6.07, 6.45) is 5.23. The molecule has 0 amide bonds. The first-order valence-corrected chi connectivity index (χ1v) is 5.80. The second-order valence-electron chi connectivity index (χ2n) is 2.92. The summed E-state index contributed by atoms with van der Waals surface area (Å²) in [4.78, 5) is 0. The Morgan fingerprint density at radius 2 is 1.33 bits per heavy atom. The van der Waals surface area contributed by atoms with Gasteiger partial charge in [-0.05, 0) is 23.6 Å². The van der Waals surface area contributed by atoms with E-state index < -0.39 is 0 Å². The monoisotopic (exact) mass is 204 g/mol. The summed E-state index contributed by atoms with van der Waals surface area (Å²) in [6.45, 7) is 12.3. The molecule has 0 nitrogen and oxygen atoms in total. The van der Waals surface area contributed by atoms with Crippen LogP contribution in [0.25, 0.3) is 0 Å². The van der Waals surface area contributed by atoms with Crippen molar-refractivity contribution in [3.8, 4) is 12.3 Å². The Balaban J connectivity index is 0. The maximum absolute atomic E-state index is 5.23. The molecule has 0 aromatic heterocycles. The van der Waals surface area contributed by atoms with Crippen LogP contribution in [0.4, 0.5) is 0 Å². The van der Waals surface area contributed by atoms with Crippen LogP contribution in [-0.2, 0) is 0 Å². The van der Waals surface area contributed by atoms with Gasteiger partial charge in [-0.3, -0.25) is 0 Å². The van der Waals surface area contributed by atoms with E-state index in [0.717, 1.165) is 5.56 Å². The third kappa shape index (κ3) is 6.80. The average molecular weight is 204 g/mol. The molecule has 1 rings (SSSR count). The Bertz CT molecular complexity index is 259. The zero-order valence-corrected chi connectivity index (χ0v) is 11.0. The van der Waals surface area contributed by atoms with E-state index in [1.54, 1.807) is 0 Å². The minimum atomic E-state index is 0.585. The Kier molecular flexibility index (Phi) is 11.7. The second kappa shape index (κ2) is 10.9. The van der Waals surface area contributed by atoms with Crippen LogP contribution in [0.5, 0.6) is 0 Å². The van der Waals surface area contributed by atoms with Gasteiger partial charge in [0.05, 0.1) is 0 Å². The first kappa shape index (κ1) is 16.2. The Morgan fingerprint density at radius 1 is 0.933 bits per heavy atom. The molecule has 84 valence electrons. The highest BCUT2D eigenvalue weighted by Crippen LogP contribution is 2.13. The van der Waals surface area contributed by atoms with Crippen molar-refractivity contribution in [1.29, 1.82) is 0 Å².